The first kappa shape index (κ1) is 55.4. The van der Waals surface area contributed by atoms with Gasteiger partial charge in [-0.05, 0) is 160 Å². The molecule has 0 atom stereocenters. The second-order valence-corrected chi connectivity index (χ2v) is 21.8. The van der Waals surface area contributed by atoms with Gasteiger partial charge in [0.25, 0.3) is 11.8 Å². The van der Waals surface area contributed by atoms with Crippen molar-refractivity contribution in [1.82, 2.24) is 20.9 Å². The van der Waals surface area contributed by atoms with E-state index in [0.717, 1.165) is 189 Å². The number of fused-ring (bicyclic) bond motifs is 4. The molecule has 0 saturated heterocycles. The van der Waals surface area contributed by atoms with E-state index in [0.29, 0.717) is 24.2 Å². The number of carbonyl (C=O) groups excluding carboxylic acids is 2. The van der Waals surface area contributed by atoms with E-state index in [4.69, 9.17) is 21.4 Å². The number of anilines is 3. The van der Waals surface area contributed by atoms with Crippen LogP contribution in [0, 0.1) is 27.7 Å². The van der Waals surface area contributed by atoms with Crippen LogP contribution in [0.3, 0.4) is 0 Å². The van der Waals surface area contributed by atoms with Gasteiger partial charge in [0.1, 0.15) is 22.4 Å². The summed E-state index contributed by atoms with van der Waals surface area (Å²) in [5.74, 6) is -0.151. The van der Waals surface area contributed by atoms with Crippen LogP contribution in [0.15, 0.2) is 168 Å². The number of allylic oxidation sites excluding steroid dienone is 4. The molecule has 0 radical (unpaired) electrons. The van der Waals surface area contributed by atoms with Crippen molar-refractivity contribution in [2.75, 3.05) is 43.0 Å². The Kier molecular flexibility index (Phi) is 17.2. The number of para-hydroxylation sites is 2. The van der Waals surface area contributed by atoms with E-state index < -0.39 is 0 Å². The van der Waals surface area contributed by atoms with Crippen molar-refractivity contribution < 1.29 is 19.5 Å². The van der Waals surface area contributed by atoms with Crippen LogP contribution in [0.2, 0.25) is 0 Å². The smallest absolute Gasteiger partial charge is 0.251 e. The Hall–Kier alpha value is -8.87. The van der Waals surface area contributed by atoms with Gasteiger partial charge in [-0.3, -0.25) is 14.9 Å². The lowest BCUT2D eigenvalue weighted by Gasteiger charge is -2.22. The number of nitrogens with two attached hydrogens (primary N) is 3. The molecular formula is C69H76N10O2+2. The van der Waals surface area contributed by atoms with Gasteiger partial charge in [-0.25, -0.2) is 9.98 Å². The molecule has 2 amide bonds. The summed E-state index contributed by atoms with van der Waals surface area (Å²) >= 11 is 0. The Labute approximate surface area is 476 Å². The van der Waals surface area contributed by atoms with Crippen molar-refractivity contribution in [1.29, 1.82) is 0 Å². The van der Waals surface area contributed by atoms with Crippen molar-refractivity contribution in [3.63, 3.8) is 0 Å². The lowest BCUT2D eigenvalue weighted by Crippen LogP contribution is -2.73. The molecular weight excluding hydrogens is 1000 g/mol. The van der Waals surface area contributed by atoms with Gasteiger partial charge in [0.05, 0.1) is 5.71 Å². The molecule has 12 heteroatoms. The van der Waals surface area contributed by atoms with Gasteiger partial charge in [0.15, 0.2) is 5.69 Å². The van der Waals surface area contributed by atoms with Crippen molar-refractivity contribution in [3.8, 4) is 16.8 Å². The van der Waals surface area contributed by atoms with E-state index in [9.17, 15) is 9.59 Å². The molecule has 10 rings (SSSR count). The molecule has 1 aliphatic carbocycles. The first-order chi connectivity index (χ1) is 39.3. The highest BCUT2D eigenvalue weighted by atomic mass is 16.2. The number of hydrogen-bond donors (Lipinski definition) is 7. The van der Waals surface area contributed by atoms with Crippen LogP contribution in [0.1, 0.15) is 112 Å². The average Bonchev–Trinajstić information content (AvgIpc) is 3.68. The molecule has 0 saturated carbocycles. The zero-order valence-corrected chi connectivity index (χ0v) is 47.6. The SMILES string of the molecule is C=C1C=C(NCCCCCCNC(=O)c2ccc(-c3ccc(C(=O)NCCCCCCNc4cc5c(cc4C)nc4cc(C)c(N)c(C)c4[n+]5-c4ccccc4)cc3)cc2)C(C)=CC1=Nc1cc(C)c(N)c2c1[NH2+]c1ccccc1C2. The van der Waals surface area contributed by atoms with Crippen molar-refractivity contribution in [2.45, 2.75) is 92.4 Å². The van der Waals surface area contributed by atoms with Crippen LogP contribution >= 0.6 is 0 Å². The quantitative estimate of drug-likeness (QED) is 0.0162. The number of rotatable bonds is 21. The summed E-state index contributed by atoms with van der Waals surface area (Å²) in [6.45, 7) is 17.7. The Bertz CT molecular complexity index is 3780. The molecule has 12 nitrogen and oxygen atoms in total. The van der Waals surface area contributed by atoms with Gasteiger partial charge in [-0.2, -0.15) is 0 Å². The predicted molar refractivity (Wildman–Crippen MR) is 334 cm³/mol. The molecule has 7 aromatic carbocycles. The Morgan fingerprint density at radius 3 is 1.86 bits per heavy atom. The van der Waals surface area contributed by atoms with Crippen LogP contribution in [0.25, 0.3) is 38.9 Å². The van der Waals surface area contributed by atoms with Gasteiger partial charge in [0, 0.05) is 101 Å². The summed E-state index contributed by atoms with van der Waals surface area (Å²) in [5, 5.41) is 15.7. The van der Waals surface area contributed by atoms with Gasteiger partial charge in [-0.1, -0.05) is 92.9 Å². The van der Waals surface area contributed by atoms with Gasteiger partial charge < -0.3 is 32.7 Å². The second kappa shape index (κ2) is 25.1. The number of quaternary nitrogens is 1. The molecule has 2 heterocycles. The number of unbranched alkanes of at least 4 members (excludes halogenated alkanes) is 6. The van der Waals surface area contributed by atoms with E-state index in [-0.39, 0.29) is 11.8 Å². The molecule has 1 aliphatic heterocycles. The van der Waals surface area contributed by atoms with Crippen molar-refractivity contribution in [2.24, 2.45) is 4.99 Å². The maximum absolute atomic E-state index is 13.0. The summed E-state index contributed by atoms with van der Waals surface area (Å²) in [6.07, 6.45) is 13.0. The zero-order valence-electron chi connectivity index (χ0n) is 47.6. The molecule has 0 fully saturated rings. The standard InChI is InChI=1S/C69H74N10O2/c1-43-37-59(76-61-39-47(5)65(71)55-41-53-20-14-15-23-56(53)78-66(55)61)45(3)36-57(43)72-32-16-7-9-18-34-74-68(80)51-28-24-49(25-29-51)50-26-30-52(31-27-50)69(81)75-35-19-10-8-17-33-73-58-42-63-60(38-44(58)2)77-62-40-46(4)64(70)48(6)67(62)79(63)54-21-12-11-13-22-54/h11-15,20-31,36-40,42,72,78H,3,7-10,16-19,32-35,41,71H2,1-2,4-6H3,(H4,70,73,74,75,80,81)/p+2. The third-order valence-electron chi connectivity index (χ3n) is 16.0. The highest BCUT2D eigenvalue weighted by molar-refractivity contribution is 6.13. The molecule has 2 aliphatic rings. The normalized spacial score (nSPS) is 13.4. The molecule has 1 aromatic heterocycles. The van der Waals surface area contributed by atoms with E-state index in [1.807, 2.05) is 61.5 Å². The average molecular weight is 1080 g/mol. The first-order valence-electron chi connectivity index (χ1n) is 28.7. The second-order valence-electron chi connectivity index (χ2n) is 21.8. The molecule has 412 valence electrons. The Balaban J connectivity index is 0.604. The van der Waals surface area contributed by atoms with E-state index >= 15 is 0 Å². The third kappa shape index (κ3) is 12.6. The number of benzene rings is 7. The fraction of sp³-hybridized carbons (Fsp3) is 0.261. The number of aliphatic imine (C=N–C) groups is 1. The Morgan fingerprint density at radius 1 is 0.630 bits per heavy atom. The summed E-state index contributed by atoms with van der Waals surface area (Å²) < 4.78 is 2.29. The fourth-order valence-electron chi connectivity index (χ4n) is 11.1. The van der Waals surface area contributed by atoms with Gasteiger partial charge >= 0.3 is 0 Å². The summed E-state index contributed by atoms with van der Waals surface area (Å²) in [5.41, 5.74) is 37.9. The molecule has 0 bridgehead atoms. The minimum absolute atomic E-state index is 0.0754. The monoisotopic (exact) mass is 1080 g/mol. The van der Waals surface area contributed by atoms with Crippen LogP contribution in [0.5, 0.6) is 0 Å². The molecule has 0 spiro atoms. The maximum atomic E-state index is 13.0. The summed E-state index contributed by atoms with van der Waals surface area (Å²) in [7, 11) is 0. The predicted octanol–water partition coefficient (Wildman–Crippen LogP) is 12.6. The highest BCUT2D eigenvalue weighted by Crippen LogP contribution is 2.39. The van der Waals surface area contributed by atoms with Gasteiger partial charge in [-0.15, -0.1) is 4.57 Å². The first-order valence-corrected chi connectivity index (χ1v) is 28.7. The minimum Gasteiger partial charge on any atom is -0.398 e. The highest BCUT2D eigenvalue weighted by Gasteiger charge is 2.27. The third-order valence-corrected chi connectivity index (χ3v) is 16.0. The fourth-order valence-corrected chi connectivity index (χ4v) is 11.1. The summed E-state index contributed by atoms with van der Waals surface area (Å²) in [6, 6.07) is 42.7. The molecule has 0 unspecified atom stereocenters. The number of hydrogen-bond acceptors (Lipinski definition) is 8. The lowest BCUT2D eigenvalue weighted by molar-refractivity contribution is -0.538. The number of carbonyl (C=O) groups is 2. The van der Waals surface area contributed by atoms with Crippen LogP contribution in [-0.2, 0) is 6.42 Å². The summed E-state index contributed by atoms with van der Waals surface area (Å²) in [4.78, 5) is 36.3. The largest absolute Gasteiger partial charge is 0.398 e. The molecule has 81 heavy (non-hydrogen) atoms. The lowest BCUT2D eigenvalue weighted by atomic mass is 9.93. The number of nitrogen functional groups attached to an aromatic ring is 2. The number of aromatic nitrogens is 2. The van der Waals surface area contributed by atoms with E-state index in [1.165, 1.54) is 11.3 Å². The Morgan fingerprint density at radius 2 is 1.21 bits per heavy atom. The number of amides is 2. The minimum atomic E-state index is -0.0755. The number of nitrogens with one attached hydrogen (secondary N) is 4. The van der Waals surface area contributed by atoms with E-state index in [2.05, 4.69) is 150 Å². The van der Waals surface area contributed by atoms with Crippen molar-refractivity contribution in [3.05, 3.63) is 207 Å². The number of nitrogens with zero attached hydrogens (tertiary/aromatic N) is 3. The van der Waals surface area contributed by atoms with Crippen LogP contribution in [-0.4, -0.2) is 48.7 Å². The molecule has 8 aromatic rings. The number of aryl methyl sites for hydroxylation is 4. The van der Waals surface area contributed by atoms with Crippen LogP contribution in [0.4, 0.5) is 34.1 Å². The van der Waals surface area contributed by atoms with Crippen LogP contribution < -0.4 is 42.6 Å². The van der Waals surface area contributed by atoms with Crippen molar-refractivity contribution >= 4 is 73.7 Å². The van der Waals surface area contributed by atoms with E-state index in [1.54, 1.807) is 0 Å². The zero-order chi connectivity index (χ0) is 56.6. The molecule has 10 N–H and O–H groups in total. The topological polar surface area (TPSA) is 180 Å². The van der Waals surface area contributed by atoms with Gasteiger partial charge in [0.2, 0.25) is 16.7 Å². The maximum Gasteiger partial charge on any atom is 0.251 e.